The SMILES string of the molecule is c1ccc2c(c1)CCN2C[C@@H]1CCNC1. The lowest BCUT2D eigenvalue weighted by molar-refractivity contribution is 0.567. The molecule has 2 nitrogen and oxygen atoms in total. The predicted molar refractivity (Wildman–Crippen MR) is 63.3 cm³/mol. The molecule has 1 N–H and O–H groups in total. The Labute approximate surface area is 91.3 Å². The fourth-order valence-corrected chi connectivity index (χ4v) is 2.78. The summed E-state index contributed by atoms with van der Waals surface area (Å²) < 4.78 is 0. The Bertz CT molecular complexity index is 342. The topological polar surface area (TPSA) is 15.3 Å². The van der Waals surface area contributed by atoms with Crippen molar-refractivity contribution in [3.63, 3.8) is 0 Å². The largest absolute Gasteiger partial charge is 0.371 e. The van der Waals surface area contributed by atoms with Gasteiger partial charge in [0, 0.05) is 18.8 Å². The van der Waals surface area contributed by atoms with Gasteiger partial charge in [0.2, 0.25) is 0 Å². The van der Waals surface area contributed by atoms with Crippen LogP contribution in [0.4, 0.5) is 5.69 Å². The molecule has 1 atom stereocenters. The highest BCUT2D eigenvalue weighted by molar-refractivity contribution is 5.57. The molecule has 3 rings (SSSR count). The average Bonchev–Trinajstić information content (AvgIpc) is 2.89. The Morgan fingerprint density at radius 2 is 2.27 bits per heavy atom. The molecule has 2 aliphatic heterocycles. The number of nitrogens with zero attached hydrogens (tertiary/aromatic N) is 1. The third kappa shape index (κ3) is 1.74. The van der Waals surface area contributed by atoms with Gasteiger partial charge in [-0.2, -0.15) is 0 Å². The molecule has 1 fully saturated rings. The van der Waals surface area contributed by atoms with Crippen LogP contribution in [0.25, 0.3) is 0 Å². The molecule has 15 heavy (non-hydrogen) atoms. The van der Waals surface area contributed by atoms with Gasteiger partial charge in [-0.1, -0.05) is 18.2 Å². The van der Waals surface area contributed by atoms with Crippen molar-refractivity contribution in [3.8, 4) is 0 Å². The van der Waals surface area contributed by atoms with Gasteiger partial charge in [0.15, 0.2) is 0 Å². The molecule has 2 heteroatoms. The van der Waals surface area contributed by atoms with Crippen molar-refractivity contribution >= 4 is 5.69 Å². The summed E-state index contributed by atoms with van der Waals surface area (Å²) in [5, 5.41) is 3.44. The van der Waals surface area contributed by atoms with Crippen molar-refractivity contribution in [1.29, 1.82) is 0 Å². The predicted octanol–water partition coefficient (Wildman–Crippen LogP) is 1.66. The van der Waals surface area contributed by atoms with Crippen LogP contribution in [0.3, 0.4) is 0 Å². The van der Waals surface area contributed by atoms with Gasteiger partial charge in [-0.25, -0.2) is 0 Å². The number of rotatable bonds is 2. The maximum atomic E-state index is 3.44. The van der Waals surface area contributed by atoms with Gasteiger partial charge in [-0.05, 0) is 43.5 Å². The van der Waals surface area contributed by atoms with E-state index < -0.39 is 0 Å². The van der Waals surface area contributed by atoms with Gasteiger partial charge in [0.05, 0.1) is 0 Å². The second-order valence-electron chi connectivity index (χ2n) is 4.68. The summed E-state index contributed by atoms with van der Waals surface area (Å²) >= 11 is 0. The molecule has 0 aliphatic carbocycles. The minimum atomic E-state index is 0.858. The zero-order valence-corrected chi connectivity index (χ0v) is 9.08. The number of fused-ring (bicyclic) bond motifs is 1. The van der Waals surface area contributed by atoms with Gasteiger partial charge >= 0.3 is 0 Å². The van der Waals surface area contributed by atoms with Gasteiger partial charge in [-0.15, -0.1) is 0 Å². The Balaban J connectivity index is 1.73. The minimum Gasteiger partial charge on any atom is -0.371 e. The molecule has 0 saturated carbocycles. The maximum absolute atomic E-state index is 3.44. The average molecular weight is 202 g/mol. The van der Waals surface area contributed by atoms with Crippen molar-refractivity contribution in [2.24, 2.45) is 5.92 Å². The number of para-hydroxylation sites is 1. The van der Waals surface area contributed by atoms with E-state index in [9.17, 15) is 0 Å². The molecule has 0 spiro atoms. The molecule has 2 heterocycles. The van der Waals surface area contributed by atoms with E-state index in [4.69, 9.17) is 0 Å². The zero-order chi connectivity index (χ0) is 10.1. The lowest BCUT2D eigenvalue weighted by Crippen LogP contribution is -2.28. The highest BCUT2D eigenvalue weighted by Crippen LogP contribution is 2.28. The summed E-state index contributed by atoms with van der Waals surface area (Å²) in [5.74, 6) is 0.858. The van der Waals surface area contributed by atoms with Crippen LogP contribution in [0.2, 0.25) is 0 Å². The van der Waals surface area contributed by atoms with Crippen molar-refractivity contribution < 1.29 is 0 Å². The number of hydrogen-bond donors (Lipinski definition) is 1. The van der Waals surface area contributed by atoms with Crippen LogP contribution < -0.4 is 10.2 Å². The number of hydrogen-bond acceptors (Lipinski definition) is 2. The van der Waals surface area contributed by atoms with Crippen molar-refractivity contribution in [1.82, 2.24) is 5.32 Å². The van der Waals surface area contributed by atoms with Gasteiger partial charge in [0.25, 0.3) is 0 Å². The molecular weight excluding hydrogens is 184 g/mol. The molecule has 0 bridgehead atoms. The fraction of sp³-hybridized carbons (Fsp3) is 0.538. The van der Waals surface area contributed by atoms with Gasteiger partial charge < -0.3 is 10.2 Å². The number of nitrogens with one attached hydrogen (secondary N) is 1. The molecule has 1 aromatic carbocycles. The van der Waals surface area contributed by atoms with E-state index in [1.807, 2.05) is 0 Å². The Morgan fingerprint density at radius 3 is 3.13 bits per heavy atom. The highest BCUT2D eigenvalue weighted by atomic mass is 15.2. The summed E-state index contributed by atoms with van der Waals surface area (Å²) in [6.07, 6.45) is 2.58. The Morgan fingerprint density at radius 1 is 1.33 bits per heavy atom. The van der Waals surface area contributed by atoms with E-state index in [0.717, 1.165) is 5.92 Å². The van der Waals surface area contributed by atoms with E-state index in [2.05, 4.69) is 34.5 Å². The van der Waals surface area contributed by atoms with E-state index in [1.165, 1.54) is 50.3 Å². The van der Waals surface area contributed by atoms with Crippen LogP contribution in [0.15, 0.2) is 24.3 Å². The van der Waals surface area contributed by atoms with Crippen molar-refractivity contribution in [2.45, 2.75) is 12.8 Å². The van der Waals surface area contributed by atoms with Crippen LogP contribution in [-0.2, 0) is 6.42 Å². The second-order valence-corrected chi connectivity index (χ2v) is 4.68. The smallest absolute Gasteiger partial charge is 0.0399 e. The van der Waals surface area contributed by atoms with Crippen LogP contribution in [0.1, 0.15) is 12.0 Å². The van der Waals surface area contributed by atoms with Crippen molar-refractivity contribution in [2.75, 3.05) is 31.1 Å². The third-order valence-corrected chi connectivity index (χ3v) is 3.62. The normalized spacial score (nSPS) is 24.5. The second kappa shape index (κ2) is 3.86. The number of anilines is 1. The molecule has 80 valence electrons. The molecule has 1 saturated heterocycles. The van der Waals surface area contributed by atoms with Crippen LogP contribution in [0.5, 0.6) is 0 Å². The first kappa shape index (κ1) is 9.22. The van der Waals surface area contributed by atoms with Crippen LogP contribution in [0, 0.1) is 5.92 Å². The summed E-state index contributed by atoms with van der Waals surface area (Å²) in [5.41, 5.74) is 3.01. The quantitative estimate of drug-likeness (QED) is 0.784. The van der Waals surface area contributed by atoms with Crippen LogP contribution >= 0.6 is 0 Å². The molecule has 2 aliphatic rings. The van der Waals surface area contributed by atoms with Crippen molar-refractivity contribution in [3.05, 3.63) is 29.8 Å². The first-order valence-corrected chi connectivity index (χ1v) is 5.97. The molecule has 0 unspecified atom stereocenters. The number of benzene rings is 1. The molecule has 1 aromatic rings. The molecule has 0 radical (unpaired) electrons. The third-order valence-electron chi connectivity index (χ3n) is 3.62. The summed E-state index contributed by atoms with van der Waals surface area (Å²) in [4.78, 5) is 2.56. The highest BCUT2D eigenvalue weighted by Gasteiger charge is 2.23. The van der Waals surface area contributed by atoms with E-state index >= 15 is 0 Å². The van der Waals surface area contributed by atoms with E-state index in [-0.39, 0.29) is 0 Å². The standard InChI is InChI=1S/C13H18N2/c1-2-4-13-12(3-1)6-8-15(13)10-11-5-7-14-9-11/h1-4,11,14H,5-10H2/t11-/m1/s1. The summed E-state index contributed by atoms with van der Waals surface area (Å²) in [7, 11) is 0. The summed E-state index contributed by atoms with van der Waals surface area (Å²) in [6, 6.07) is 8.84. The van der Waals surface area contributed by atoms with E-state index in [1.54, 1.807) is 0 Å². The molecule has 0 aromatic heterocycles. The van der Waals surface area contributed by atoms with Crippen LogP contribution in [-0.4, -0.2) is 26.2 Å². The first-order chi connectivity index (χ1) is 7.43. The first-order valence-electron chi connectivity index (χ1n) is 5.97. The fourth-order valence-electron chi connectivity index (χ4n) is 2.78. The Kier molecular flexibility index (Phi) is 2.37. The maximum Gasteiger partial charge on any atom is 0.0399 e. The van der Waals surface area contributed by atoms with Gasteiger partial charge in [0.1, 0.15) is 0 Å². The molecule has 0 amide bonds. The summed E-state index contributed by atoms with van der Waals surface area (Å²) in [6.45, 7) is 4.87. The zero-order valence-electron chi connectivity index (χ0n) is 9.08. The lowest BCUT2D eigenvalue weighted by atomic mass is 10.1. The Hall–Kier alpha value is -1.02. The lowest BCUT2D eigenvalue weighted by Gasteiger charge is -2.22. The monoisotopic (exact) mass is 202 g/mol. The van der Waals surface area contributed by atoms with Gasteiger partial charge in [-0.3, -0.25) is 0 Å². The minimum absolute atomic E-state index is 0.858. The van der Waals surface area contributed by atoms with E-state index in [0.29, 0.717) is 0 Å². The molecular formula is C13H18N2.